The molecule has 0 saturated heterocycles. The first-order valence-electron chi connectivity index (χ1n) is 6.02. The van der Waals surface area contributed by atoms with Gasteiger partial charge in [-0.25, -0.2) is 0 Å². The van der Waals surface area contributed by atoms with Crippen molar-refractivity contribution in [2.24, 2.45) is 5.73 Å². The number of anilines is 1. The number of carbonyl (C=O) groups is 1. The fourth-order valence-electron chi connectivity index (χ4n) is 2.50. The summed E-state index contributed by atoms with van der Waals surface area (Å²) in [5.41, 5.74) is 10.4. The van der Waals surface area contributed by atoms with E-state index in [0.29, 0.717) is 5.56 Å². The van der Waals surface area contributed by atoms with E-state index in [1.807, 2.05) is 30.3 Å². The SMILES string of the molecule is NC(=O)c1ccccc1-c1cccc2c1NCC2. The third-order valence-corrected chi connectivity index (χ3v) is 3.33. The molecule has 3 nitrogen and oxygen atoms in total. The summed E-state index contributed by atoms with van der Waals surface area (Å²) in [7, 11) is 0. The summed E-state index contributed by atoms with van der Waals surface area (Å²) in [5.74, 6) is -0.388. The standard InChI is InChI=1S/C15H14N2O/c16-15(18)13-6-2-1-5-11(13)12-7-3-4-10-8-9-17-14(10)12/h1-7,17H,8-9H2,(H2,16,18). The number of carbonyl (C=O) groups excluding carboxylic acids is 1. The van der Waals surface area contributed by atoms with Crippen molar-refractivity contribution in [2.75, 3.05) is 11.9 Å². The van der Waals surface area contributed by atoms with Crippen LogP contribution in [0, 0.1) is 0 Å². The maximum absolute atomic E-state index is 11.5. The zero-order chi connectivity index (χ0) is 12.5. The van der Waals surface area contributed by atoms with Crippen LogP contribution in [0.15, 0.2) is 42.5 Å². The largest absolute Gasteiger partial charge is 0.384 e. The molecule has 3 rings (SSSR count). The van der Waals surface area contributed by atoms with Gasteiger partial charge in [0.15, 0.2) is 0 Å². The Morgan fingerprint density at radius 3 is 2.67 bits per heavy atom. The van der Waals surface area contributed by atoms with E-state index in [0.717, 1.165) is 29.8 Å². The molecule has 90 valence electrons. The second kappa shape index (κ2) is 4.18. The quantitative estimate of drug-likeness (QED) is 0.844. The molecule has 0 radical (unpaired) electrons. The average molecular weight is 238 g/mol. The van der Waals surface area contributed by atoms with Crippen molar-refractivity contribution >= 4 is 11.6 Å². The molecule has 0 bridgehead atoms. The number of nitrogens with one attached hydrogen (secondary N) is 1. The topological polar surface area (TPSA) is 55.1 Å². The maximum atomic E-state index is 11.5. The van der Waals surface area contributed by atoms with Crippen LogP contribution >= 0.6 is 0 Å². The van der Waals surface area contributed by atoms with Crippen LogP contribution in [0.4, 0.5) is 5.69 Å². The molecule has 3 heteroatoms. The van der Waals surface area contributed by atoms with Crippen LogP contribution in [-0.2, 0) is 6.42 Å². The molecule has 1 aliphatic heterocycles. The van der Waals surface area contributed by atoms with Gasteiger partial charge in [0, 0.05) is 23.4 Å². The highest BCUT2D eigenvalue weighted by molar-refractivity contribution is 6.01. The first-order chi connectivity index (χ1) is 8.77. The molecule has 0 fully saturated rings. The van der Waals surface area contributed by atoms with Crippen molar-refractivity contribution in [2.45, 2.75) is 6.42 Å². The Morgan fingerprint density at radius 1 is 1.06 bits per heavy atom. The second-order valence-corrected chi connectivity index (χ2v) is 4.43. The highest BCUT2D eigenvalue weighted by atomic mass is 16.1. The summed E-state index contributed by atoms with van der Waals surface area (Å²) in [6, 6.07) is 13.6. The van der Waals surface area contributed by atoms with Gasteiger partial charge in [0.2, 0.25) is 5.91 Å². The highest BCUT2D eigenvalue weighted by Gasteiger charge is 2.17. The molecular formula is C15H14N2O. The number of hydrogen-bond acceptors (Lipinski definition) is 2. The van der Waals surface area contributed by atoms with Crippen molar-refractivity contribution in [1.82, 2.24) is 0 Å². The van der Waals surface area contributed by atoms with Crippen LogP contribution in [0.1, 0.15) is 15.9 Å². The lowest BCUT2D eigenvalue weighted by Crippen LogP contribution is -2.12. The summed E-state index contributed by atoms with van der Waals surface area (Å²) in [4.78, 5) is 11.5. The van der Waals surface area contributed by atoms with Gasteiger partial charge in [-0.3, -0.25) is 4.79 Å². The average Bonchev–Trinajstić information content (AvgIpc) is 2.86. The number of hydrogen-bond donors (Lipinski definition) is 2. The fourth-order valence-corrected chi connectivity index (χ4v) is 2.50. The molecule has 0 aliphatic carbocycles. The number of benzene rings is 2. The van der Waals surface area contributed by atoms with E-state index in [-0.39, 0.29) is 5.91 Å². The third-order valence-electron chi connectivity index (χ3n) is 3.33. The predicted octanol–water partition coefficient (Wildman–Crippen LogP) is 2.42. The number of rotatable bonds is 2. The molecule has 1 amide bonds. The molecule has 2 aromatic carbocycles. The van der Waals surface area contributed by atoms with Crippen LogP contribution in [0.3, 0.4) is 0 Å². The molecule has 0 aromatic heterocycles. The second-order valence-electron chi connectivity index (χ2n) is 4.43. The molecule has 0 spiro atoms. The van der Waals surface area contributed by atoms with E-state index in [1.165, 1.54) is 5.56 Å². The molecule has 1 aliphatic rings. The van der Waals surface area contributed by atoms with E-state index < -0.39 is 0 Å². The molecule has 3 N–H and O–H groups in total. The smallest absolute Gasteiger partial charge is 0.249 e. The van der Waals surface area contributed by atoms with Gasteiger partial charge in [-0.1, -0.05) is 36.4 Å². The summed E-state index contributed by atoms with van der Waals surface area (Å²) < 4.78 is 0. The summed E-state index contributed by atoms with van der Waals surface area (Å²) in [5, 5.41) is 3.38. The minimum Gasteiger partial charge on any atom is -0.384 e. The van der Waals surface area contributed by atoms with E-state index in [9.17, 15) is 4.79 Å². The van der Waals surface area contributed by atoms with Crippen molar-refractivity contribution in [1.29, 1.82) is 0 Å². The lowest BCUT2D eigenvalue weighted by atomic mass is 9.96. The summed E-state index contributed by atoms with van der Waals surface area (Å²) in [6.45, 7) is 0.949. The van der Waals surface area contributed by atoms with Crippen LogP contribution in [0.25, 0.3) is 11.1 Å². The van der Waals surface area contributed by atoms with Crippen molar-refractivity contribution in [3.63, 3.8) is 0 Å². The number of primary amides is 1. The minimum atomic E-state index is -0.388. The van der Waals surface area contributed by atoms with E-state index >= 15 is 0 Å². The maximum Gasteiger partial charge on any atom is 0.249 e. The predicted molar refractivity (Wildman–Crippen MR) is 72.6 cm³/mol. The molecule has 0 atom stereocenters. The van der Waals surface area contributed by atoms with Gasteiger partial charge in [-0.2, -0.15) is 0 Å². The molecule has 1 heterocycles. The van der Waals surface area contributed by atoms with Crippen LogP contribution in [-0.4, -0.2) is 12.5 Å². The Hall–Kier alpha value is -2.29. The molecule has 2 aromatic rings. The van der Waals surface area contributed by atoms with Crippen LogP contribution in [0.2, 0.25) is 0 Å². The van der Waals surface area contributed by atoms with Gasteiger partial charge >= 0.3 is 0 Å². The zero-order valence-electron chi connectivity index (χ0n) is 9.94. The van der Waals surface area contributed by atoms with Gasteiger partial charge in [0.05, 0.1) is 0 Å². The van der Waals surface area contributed by atoms with Crippen LogP contribution < -0.4 is 11.1 Å². The Balaban J connectivity index is 2.22. The molecule has 0 unspecified atom stereocenters. The summed E-state index contributed by atoms with van der Waals surface area (Å²) in [6.07, 6.45) is 1.03. The van der Waals surface area contributed by atoms with Gasteiger partial charge in [0.1, 0.15) is 0 Å². The van der Waals surface area contributed by atoms with E-state index in [4.69, 9.17) is 5.73 Å². The van der Waals surface area contributed by atoms with Gasteiger partial charge < -0.3 is 11.1 Å². The first kappa shape index (κ1) is 10.8. The zero-order valence-corrected chi connectivity index (χ0v) is 9.94. The first-order valence-corrected chi connectivity index (χ1v) is 6.02. The van der Waals surface area contributed by atoms with Crippen LogP contribution in [0.5, 0.6) is 0 Å². The normalized spacial score (nSPS) is 12.9. The van der Waals surface area contributed by atoms with Crippen molar-refractivity contribution < 1.29 is 4.79 Å². The molecule has 18 heavy (non-hydrogen) atoms. The number of para-hydroxylation sites is 1. The lowest BCUT2D eigenvalue weighted by molar-refractivity contribution is 0.100. The number of fused-ring (bicyclic) bond motifs is 1. The van der Waals surface area contributed by atoms with E-state index in [1.54, 1.807) is 6.07 Å². The Kier molecular flexibility index (Phi) is 2.52. The Morgan fingerprint density at radius 2 is 1.83 bits per heavy atom. The molecule has 0 saturated carbocycles. The van der Waals surface area contributed by atoms with Crippen molar-refractivity contribution in [3.8, 4) is 11.1 Å². The third kappa shape index (κ3) is 1.64. The highest BCUT2D eigenvalue weighted by Crippen LogP contribution is 2.35. The van der Waals surface area contributed by atoms with Crippen molar-refractivity contribution in [3.05, 3.63) is 53.6 Å². The molecular weight excluding hydrogens is 224 g/mol. The fraction of sp³-hybridized carbons (Fsp3) is 0.133. The number of amides is 1. The summed E-state index contributed by atoms with van der Waals surface area (Å²) >= 11 is 0. The lowest BCUT2D eigenvalue weighted by Gasteiger charge is -2.11. The monoisotopic (exact) mass is 238 g/mol. The van der Waals surface area contributed by atoms with Gasteiger partial charge in [-0.05, 0) is 23.6 Å². The van der Waals surface area contributed by atoms with E-state index in [2.05, 4.69) is 11.4 Å². The Bertz CT molecular complexity index is 620. The van der Waals surface area contributed by atoms with Gasteiger partial charge in [0.25, 0.3) is 0 Å². The number of nitrogens with two attached hydrogens (primary N) is 1. The minimum absolute atomic E-state index is 0.388. The van der Waals surface area contributed by atoms with Gasteiger partial charge in [-0.15, -0.1) is 0 Å². The Labute approximate surface area is 106 Å².